The average molecular weight is 417 g/mol. The Labute approximate surface area is 177 Å². The van der Waals surface area contributed by atoms with Crippen molar-refractivity contribution in [1.82, 2.24) is 9.97 Å². The van der Waals surface area contributed by atoms with Gasteiger partial charge in [0.2, 0.25) is 5.91 Å². The molecule has 1 aromatic heterocycles. The van der Waals surface area contributed by atoms with Crippen LogP contribution in [0.5, 0.6) is 5.75 Å². The number of carbonyl (C=O) groups is 1. The number of anilines is 4. The van der Waals surface area contributed by atoms with E-state index in [1.54, 1.807) is 24.3 Å². The summed E-state index contributed by atoms with van der Waals surface area (Å²) in [4.78, 5) is 21.5. The van der Waals surface area contributed by atoms with Gasteiger partial charge in [0.15, 0.2) is 11.6 Å². The molecule has 0 aliphatic heterocycles. The lowest BCUT2D eigenvalue weighted by Crippen LogP contribution is -2.05. The average Bonchev–Trinajstić information content (AvgIpc) is 2.74. The number of aromatic nitrogens is 2. The third-order valence-electron chi connectivity index (χ3n) is 4.14. The van der Waals surface area contributed by atoms with Crippen molar-refractivity contribution in [1.29, 1.82) is 0 Å². The lowest BCUT2D eigenvalue weighted by atomic mass is 10.3. The highest BCUT2D eigenvalue weighted by Gasteiger charge is 2.10. The second-order valence-electron chi connectivity index (χ2n) is 6.49. The van der Waals surface area contributed by atoms with Crippen LogP contribution in [-0.2, 0) is 4.79 Å². The van der Waals surface area contributed by atoms with Crippen molar-refractivity contribution in [2.45, 2.75) is 11.8 Å². The molecule has 0 aliphatic rings. The van der Waals surface area contributed by atoms with Gasteiger partial charge in [0.05, 0.1) is 11.0 Å². The van der Waals surface area contributed by atoms with Crippen molar-refractivity contribution < 1.29 is 9.90 Å². The van der Waals surface area contributed by atoms with Gasteiger partial charge < -0.3 is 20.5 Å². The highest BCUT2D eigenvalue weighted by molar-refractivity contribution is 8.00. The van der Waals surface area contributed by atoms with Gasteiger partial charge in [-0.3, -0.25) is 4.79 Å². The number of amides is 1. The second kappa shape index (κ2) is 8.71. The fraction of sp³-hybridized carbons (Fsp3) is 0.0455. The summed E-state index contributed by atoms with van der Waals surface area (Å²) in [5, 5.41) is 15.5. The molecule has 0 unspecified atom stereocenters. The maximum absolute atomic E-state index is 11.2. The van der Waals surface area contributed by atoms with Crippen LogP contribution in [0.25, 0.3) is 11.0 Å². The Hall–Kier alpha value is -3.78. The predicted octanol–water partition coefficient (Wildman–Crippen LogP) is 5.16. The molecular formula is C22H19N5O2S. The number of carbonyl (C=O) groups excluding carboxylic acids is 1. The number of phenols is 1. The Morgan fingerprint density at radius 1 is 0.833 bits per heavy atom. The maximum atomic E-state index is 11.2. The summed E-state index contributed by atoms with van der Waals surface area (Å²) in [5.41, 5.74) is 3.07. The van der Waals surface area contributed by atoms with Gasteiger partial charge in [0.25, 0.3) is 0 Å². The van der Waals surface area contributed by atoms with E-state index >= 15 is 0 Å². The number of benzene rings is 3. The Kier molecular flexibility index (Phi) is 5.67. The second-order valence-corrected chi connectivity index (χ2v) is 7.37. The third kappa shape index (κ3) is 4.79. The van der Waals surface area contributed by atoms with Crippen molar-refractivity contribution in [3.8, 4) is 5.75 Å². The molecule has 0 saturated heterocycles. The smallest absolute Gasteiger partial charge is 0.221 e. The number of hydrogen-bond acceptors (Lipinski definition) is 7. The molecule has 0 bridgehead atoms. The number of nitrogens with one attached hydrogen (secondary N) is 3. The Morgan fingerprint density at radius 2 is 1.43 bits per heavy atom. The van der Waals surface area contributed by atoms with Crippen molar-refractivity contribution in [2.24, 2.45) is 0 Å². The number of hydrogen-bond donors (Lipinski definition) is 4. The summed E-state index contributed by atoms with van der Waals surface area (Å²) in [6.07, 6.45) is 0. The summed E-state index contributed by atoms with van der Waals surface area (Å²) < 4.78 is 3.26. The van der Waals surface area contributed by atoms with Gasteiger partial charge in [0, 0.05) is 23.2 Å². The van der Waals surface area contributed by atoms with Gasteiger partial charge in [-0.15, -0.1) is 0 Å². The zero-order valence-electron chi connectivity index (χ0n) is 16.1. The fourth-order valence-electron chi connectivity index (χ4n) is 2.76. The van der Waals surface area contributed by atoms with Crippen LogP contribution in [0.1, 0.15) is 6.92 Å². The van der Waals surface area contributed by atoms with Gasteiger partial charge in [0.1, 0.15) is 5.75 Å². The van der Waals surface area contributed by atoms with Crippen LogP contribution in [0, 0.1) is 0 Å². The van der Waals surface area contributed by atoms with Crippen molar-refractivity contribution in [2.75, 3.05) is 15.4 Å². The first-order chi connectivity index (χ1) is 14.6. The Bertz CT molecular complexity index is 1180. The lowest BCUT2D eigenvalue weighted by molar-refractivity contribution is -0.114. The van der Waals surface area contributed by atoms with E-state index in [-0.39, 0.29) is 11.7 Å². The molecule has 30 heavy (non-hydrogen) atoms. The molecule has 8 heteroatoms. The molecule has 0 radical (unpaired) electrons. The minimum atomic E-state index is -0.107. The van der Waals surface area contributed by atoms with Crippen molar-refractivity contribution in [3.63, 3.8) is 0 Å². The highest BCUT2D eigenvalue weighted by atomic mass is 32.2. The number of fused-ring (bicyclic) bond motifs is 1. The predicted molar refractivity (Wildman–Crippen MR) is 121 cm³/mol. The Morgan fingerprint density at radius 3 is 2.07 bits per heavy atom. The first-order valence-electron chi connectivity index (χ1n) is 9.20. The Balaban J connectivity index is 1.58. The minimum Gasteiger partial charge on any atom is -0.508 e. The fourth-order valence-corrected chi connectivity index (χ4v) is 3.39. The third-order valence-corrected chi connectivity index (χ3v) is 4.94. The molecule has 3 aromatic carbocycles. The van der Waals surface area contributed by atoms with Gasteiger partial charge in [-0.2, -0.15) is 0 Å². The van der Waals surface area contributed by atoms with E-state index < -0.39 is 0 Å². The van der Waals surface area contributed by atoms with E-state index in [4.69, 9.17) is 9.97 Å². The standard InChI is InChI=1S/C22H19N5O2S/c1-14(28)23-15-8-12-18(13-9-15)30-27-22-21(24-16-6-10-17(29)11-7-16)25-19-4-2-3-5-20(19)26-22/h2-13,29H,1H3,(H,23,28)(H,24,25)(H,26,27). The zero-order chi connectivity index (χ0) is 20.9. The molecule has 4 rings (SSSR count). The van der Waals surface area contributed by atoms with E-state index in [0.29, 0.717) is 11.6 Å². The molecule has 4 aromatic rings. The summed E-state index contributed by atoms with van der Waals surface area (Å²) in [7, 11) is 0. The van der Waals surface area contributed by atoms with E-state index in [1.807, 2.05) is 48.5 Å². The molecule has 0 atom stereocenters. The van der Waals surface area contributed by atoms with Gasteiger partial charge in [-0.1, -0.05) is 12.1 Å². The molecule has 0 saturated carbocycles. The van der Waals surface area contributed by atoms with E-state index in [9.17, 15) is 9.90 Å². The zero-order valence-corrected chi connectivity index (χ0v) is 16.9. The number of nitrogens with zero attached hydrogens (tertiary/aromatic N) is 2. The molecule has 1 amide bonds. The van der Waals surface area contributed by atoms with Crippen molar-refractivity contribution >= 4 is 51.9 Å². The first kappa shape index (κ1) is 19.5. The topological polar surface area (TPSA) is 99.2 Å². The van der Waals surface area contributed by atoms with Crippen LogP contribution >= 0.6 is 11.9 Å². The van der Waals surface area contributed by atoms with Crippen LogP contribution in [0.2, 0.25) is 0 Å². The molecule has 4 N–H and O–H groups in total. The molecular weight excluding hydrogens is 398 g/mol. The molecule has 0 fully saturated rings. The van der Waals surface area contributed by atoms with E-state index in [1.165, 1.54) is 18.9 Å². The van der Waals surface area contributed by atoms with Crippen molar-refractivity contribution in [3.05, 3.63) is 72.8 Å². The number of para-hydroxylation sites is 2. The van der Waals surface area contributed by atoms with Crippen LogP contribution in [-0.4, -0.2) is 21.0 Å². The summed E-state index contributed by atoms with van der Waals surface area (Å²) in [6.45, 7) is 1.48. The quantitative estimate of drug-likeness (QED) is 0.254. The molecule has 7 nitrogen and oxygen atoms in total. The largest absolute Gasteiger partial charge is 0.508 e. The van der Waals surface area contributed by atoms with Crippen LogP contribution in [0.3, 0.4) is 0 Å². The van der Waals surface area contributed by atoms with Gasteiger partial charge in [-0.25, -0.2) is 9.97 Å². The molecule has 150 valence electrons. The summed E-state index contributed by atoms with van der Waals surface area (Å²) >= 11 is 1.39. The van der Waals surface area contributed by atoms with Crippen LogP contribution < -0.4 is 15.4 Å². The van der Waals surface area contributed by atoms with Gasteiger partial charge in [-0.05, 0) is 72.6 Å². The monoisotopic (exact) mass is 417 g/mol. The van der Waals surface area contributed by atoms with Crippen LogP contribution in [0.4, 0.5) is 23.0 Å². The first-order valence-corrected chi connectivity index (χ1v) is 10.0. The number of aromatic hydroxyl groups is 1. The number of phenolic OH excluding ortho intramolecular Hbond substituents is 1. The lowest BCUT2D eigenvalue weighted by Gasteiger charge is -2.13. The normalized spacial score (nSPS) is 10.6. The molecule has 0 aliphatic carbocycles. The number of rotatable bonds is 6. The molecule has 1 heterocycles. The SMILES string of the molecule is CC(=O)Nc1ccc(SNc2nc3ccccc3nc2Nc2ccc(O)cc2)cc1. The van der Waals surface area contributed by atoms with Crippen LogP contribution in [0.15, 0.2) is 77.7 Å². The maximum Gasteiger partial charge on any atom is 0.221 e. The highest BCUT2D eigenvalue weighted by Crippen LogP contribution is 2.29. The molecule has 0 spiro atoms. The van der Waals surface area contributed by atoms with E-state index in [2.05, 4.69) is 15.4 Å². The summed E-state index contributed by atoms with van der Waals surface area (Å²) in [6, 6.07) is 21.9. The summed E-state index contributed by atoms with van der Waals surface area (Å²) in [5.74, 6) is 1.24. The van der Waals surface area contributed by atoms with E-state index in [0.717, 1.165) is 27.3 Å². The van der Waals surface area contributed by atoms with Gasteiger partial charge >= 0.3 is 0 Å². The minimum absolute atomic E-state index is 0.107.